The van der Waals surface area contributed by atoms with Crippen LogP contribution in [0.15, 0.2) is 60.7 Å². The van der Waals surface area contributed by atoms with Crippen LogP contribution in [-0.4, -0.2) is 42.3 Å². The SMILES string of the molecule is CC(CNC(=O)OCC1c2ccccc2-c2ccccc21)CC(=O)N[C@@H]1C=CC[C@@H](C(=O)O)C1. The van der Waals surface area contributed by atoms with Crippen LogP contribution in [0.4, 0.5) is 4.79 Å². The van der Waals surface area contributed by atoms with Gasteiger partial charge in [-0.2, -0.15) is 0 Å². The van der Waals surface area contributed by atoms with Crippen LogP contribution in [0, 0.1) is 11.8 Å². The van der Waals surface area contributed by atoms with Crippen molar-refractivity contribution in [1.29, 1.82) is 0 Å². The molecule has 0 saturated carbocycles. The minimum Gasteiger partial charge on any atom is -0.481 e. The summed E-state index contributed by atoms with van der Waals surface area (Å²) >= 11 is 0. The summed E-state index contributed by atoms with van der Waals surface area (Å²) in [5.74, 6) is -1.57. The monoisotopic (exact) mass is 462 g/mol. The van der Waals surface area contributed by atoms with E-state index in [4.69, 9.17) is 9.84 Å². The van der Waals surface area contributed by atoms with Crippen molar-refractivity contribution in [1.82, 2.24) is 10.6 Å². The molecule has 2 aromatic carbocycles. The molecule has 0 aromatic heterocycles. The first kappa shape index (κ1) is 23.5. The van der Waals surface area contributed by atoms with Crippen molar-refractivity contribution in [3.05, 3.63) is 71.8 Å². The molecule has 2 aliphatic carbocycles. The third-order valence-electron chi connectivity index (χ3n) is 6.50. The summed E-state index contributed by atoms with van der Waals surface area (Å²) in [7, 11) is 0. The van der Waals surface area contributed by atoms with E-state index >= 15 is 0 Å². The maximum atomic E-state index is 12.3. The number of nitrogens with one attached hydrogen (secondary N) is 2. The van der Waals surface area contributed by atoms with Gasteiger partial charge in [0.1, 0.15) is 6.61 Å². The van der Waals surface area contributed by atoms with Crippen LogP contribution in [-0.2, 0) is 14.3 Å². The molecule has 1 unspecified atom stereocenters. The quantitative estimate of drug-likeness (QED) is 0.513. The molecule has 3 N–H and O–H groups in total. The second-order valence-electron chi connectivity index (χ2n) is 9.12. The standard InChI is InChI=1S/C27H30N2O5/c1-17(13-25(30)29-19-8-6-7-18(14-19)26(31)32)15-28-27(33)34-16-24-22-11-4-2-9-20(22)21-10-3-5-12-23(21)24/h2-6,8-12,17-19,24H,7,13-16H2,1H3,(H,28,33)(H,29,30)(H,31,32)/t17?,18-,19-/m1/s1. The number of benzene rings is 2. The number of hydrogen-bond acceptors (Lipinski definition) is 4. The molecule has 0 aliphatic heterocycles. The lowest BCUT2D eigenvalue weighted by atomic mass is 9.91. The lowest BCUT2D eigenvalue weighted by Gasteiger charge is -2.23. The summed E-state index contributed by atoms with van der Waals surface area (Å²) < 4.78 is 5.54. The smallest absolute Gasteiger partial charge is 0.407 e. The molecule has 7 nitrogen and oxygen atoms in total. The number of carboxylic acid groups (broad SMARTS) is 1. The molecule has 0 radical (unpaired) electrons. The molecule has 2 amide bonds. The molecule has 2 aromatic rings. The number of carbonyl (C=O) groups excluding carboxylic acids is 2. The van der Waals surface area contributed by atoms with E-state index in [-0.39, 0.29) is 36.8 Å². The van der Waals surface area contributed by atoms with Gasteiger partial charge in [-0.15, -0.1) is 0 Å². The number of rotatable bonds is 8. The first-order valence-electron chi connectivity index (χ1n) is 11.7. The Morgan fingerprint density at radius 2 is 1.71 bits per heavy atom. The van der Waals surface area contributed by atoms with Crippen LogP contribution >= 0.6 is 0 Å². The normalized spacial score (nSPS) is 19.6. The molecule has 3 atom stereocenters. The highest BCUT2D eigenvalue weighted by Gasteiger charge is 2.29. The van der Waals surface area contributed by atoms with Crippen LogP contribution < -0.4 is 10.6 Å². The number of carbonyl (C=O) groups is 3. The van der Waals surface area contributed by atoms with Gasteiger partial charge in [0.25, 0.3) is 0 Å². The van der Waals surface area contributed by atoms with Crippen LogP contribution in [0.1, 0.15) is 43.2 Å². The molecular formula is C27H30N2O5. The van der Waals surface area contributed by atoms with Crippen molar-refractivity contribution in [3.8, 4) is 11.1 Å². The van der Waals surface area contributed by atoms with Gasteiger partial charge in [-0.25, -0.2) is 4.79 Å². The first-order valence-corrected chi connectivity index (χ1v) is 11.7. The van der Waals surface area contributed by atoms with Crippen molar-refractivity contribution in [2.45, 2.75) is 38.1 Å². The number of ether oxygens (including phenoxy) is 1. The molecule has 0 fully saturated rings. The highest BCUT2D eigenvalue weighted by Crippen LogP contribution is 2.44. The number of aliphatic carboxylic acids is 1. The number of fused-ring (bicyclic) bond motifs is 3. The Morgan fingerprint density at radius 1 is 1.06 bits per heavy atom. The third kappa shape index (κ3) is 5.47. The van der Waals surface area contributed by atoms with Gasteiger partial charge in [-0.3, -0.25) is 9.59 Å². The van der Waals surface area contributed by atoms with E-state index in [1.165, 1.54) is 11.1 Å². The maximum absolute atomic E-state index is 12.3. The van der Waals surface area contributed by atoms with Gasteiger partial charge in [0.05, 0.1) is 5.92 Å². The van der Waals surface area contributed by atoms with Crippen LogP contribution in [0.3, 0.4) is 0 Å². The average molecular weight is 463 g/mol. The summed E-state index contributed by atoms with van der Waals surface area (Å²) in [5, 5.41) is 14.8. The Kier molecular flexibility index (Phi) is 7.30. The fourth-order valence-corrected chi connectivity index (χ4v) is 4.76. The lowest BCUT2D eigenvalue weighted by molar-refractivity contribution is -0.142. The molecule has 4 rings (SSSR count). The van der Waals surface area contributed by atoms with E-state index in [9.17, 15) is 14.4 Å². The van der Waals surface area contributed by atoms with Gasteiger partial charge < -0.3 is 20.5 Å². The minimum atomic E-state index is -0.843. The van der Waals surface area contributed by atoms with E-state index in [1.54, 1.807) is 6.08 Å². The second kappa shape index (κ2) is 10.5. The van der Waals surface area contributed by atoms with E-state index in [1.807, 2.05) is 37.3 Å². The largest absolute Gasteiger partial charge is 0.481 e. The lowest BCUT2D eigenvalue weighted by Crippen LogP contribution is -2.39. The van der Waals surface area contributed by atoms with Gasteiger partial charge >= 0.3 is 12.1 Å². The summed E-state index contributed by atoms with van der Waals surface area (Å²) in [6, 6.07) is 16.1. The van der Waals surface area contributed by atoms with Gasteiger partial charge in [0.15, 0.2) is 0 Å². The Hall–Kier alpha value is -3.61. The van der Waals surface area contributed by atoms with Gasteiger partial charge in [0, 0.05) is 24.9 Å². The Bertz CT molecular complexity index is 1050. The molecule has 2 aliphatic rings. The van der Waals surface area contributed by atoms with Gasteiger partial charge in [-0.05, 0) is 41.0 Å². The fourth-order valence-electron chi connectivity index (χ4n) is 4.76. The number of allylic oxidation sites excluding steroid dienone is 1. The predicted octanol–water partition coefficient (Wildman–Crippen LogP) is 4.09. The minimum absolute atomic E-state index is 0.000437. The first-order chi connectivity index (χ1) is 16.4. The van der Waals surface area contributed by atoms with Crippen molar-refractivity contribution >= 4 is 18.0 Å². The number of hydrogen-bond donors (Lipinski definition) is 3. The fraction of sp³-hybridized carbons (Fsp3) is 0.370. The van der Waals surface area contributed by atoms with Crippen molar-refractivity contribution in [2.75, 3.05) is 13.2 Å². The molecule has 0 spiro atoms. The summed E-state index contributed by atoms with van der Waals surface area (Å²) in [4.78, 5) is 35.8. The topological polar surface area (TPSA) is 105 Å². The molecule has 178 valence electrons. The number of alkyl carbamates (subject to hydrolysis) is 1. The van der Waals surface area contributed by atoms with Gasteiger partial charge in [-0.1, -0.05) is 67.6 Å². The highest BCUT2D eigenvalue weighted by atomic mass is 16.5. The van der Waals surface area contributed by atoms with E-state index in [0.717, 1.165) is 11.1 Å². The molecule has 0 bridgehead atoms. The van der Waals surface area contributed by atoms with Crippen LogP contribution in [0.25, 0.3) is 11.1 Å². The highest BCUT2D eigenvalue weighted by molar-refractivity contribution is 5.79. The molecule has 0 heterocycles. The zero-order valence-corrected chi connectivity index (χ0v) is 19.2. The zero-order valence-electron chi connectivity index (χ0n) is 19.2. The molecule has 7 heteroatoms. The van der Waals surface area contributed by atoms with Crippen molar-refractivity contribution in [2.24, 2.45) is 11.8 Å². The average Bonchev–Trinajstić information content (AvgIpc) is 3.15. The zero-order chi connectivity index (χ0) is 24.1. The summed E-state index contributed by atoms with van der Waals surface area (Å²) in [6.45, 7) is 2.43. The Labute approximate surface area is 199 Å². The van der Waals surface area contributed by atoms with Crippen molar-refractivity contribution < 1.29 is 24.2 Å². The Morgan fingerprint density at radius 3 is 2.35 bits per heavy atom. The Balaban J connectivity index is 1.22. The van der Waals surface area contributed by atoms with E-state index in [2.05, 4.69) is 34.9 Å². The van der Waals surface area contributed by atoms with Crippen LogP contribution in [0.5, 0.6) is 0 Å². The summed E-state index contributed by atoms with van der Waals surface area (Å²) in [6.07, 6.45) is 4.25. The van der Waals surface area contributed by atoms with Crippen molar-refractivity contribution in [3.63, 3.8) is 0 Å². The predicted molar refractivity (Wildman–Crippen MR) is 128 cm³/mol. The number of carboxylic acids is 1. The second-order valence-corrected chi connectivity index (χ2v) is 9.12. The van der Waals surface area contributed by atoms with Crippen LogP contribution in [0.2, 0.25) is 0 Å². The number of amides is 2. The summed E-state index contributed by atoms with van der Waals surface area (Å²) in [5.41, 5.74) is 4.66. The van der Waals surface area contributed by atoms with E-state index in [0.29, 0.717) is 19.4 Å². The maximum Gasteiger partial charge on any atom is 0.407 e. The third-order valence-corrected chi connectivity index (χ3v) is 6.50. The van der Waals surface area contributed by atoms with E-state index < -0.39 is 18.0 Å². The molecule has 34 heavy (non-hydrogen) atoms. The van der Waals surface area contributed by atoms with Gasteiger partial charge in [0.2, 0.25) is 5.91 Å². The molecular weight excluding hydrogens is 432 g/mol. The molecule has 0 saturated heterocycles.